The van der Waals surface area contributed by atoms with Gasteiger partial charge in [-0.25, -0.2) is 9.18 Å². The fourth-order valence-electron chi connectivity index (χ4n) is 2.67. The molecule has 0 saturated carbocycles. The lowest BCUT2D eigenvalue weighted by molar-refractivity contribution is -0.384. The number of rotatable bonds is 7. The van der Waals surface area contributed by atoms with Gasteiger partial charge in [0.15, 0.2) is 5.58 Å². The van der Waals surface area contributed by atoms with Crippen molar-refractivity contribution in [3.63, 3.8) is 0 Å². The maximum absolute atomic E-state index is 12.8. The molecule has 3 rings (SSSR count). The summed E-state index contributed by atoms with van der Waals surface area (Å²) in [7, 11) is 0. The van der Waals surface area contributed by atoms with Crippen LogP contribution in [-0.2, 0) is 17.9 Å². The summed E-state index contributed by atoms with van der Waals surface area (Å²) in [5.41, 5.74) is 1.19. The first kappa shape index (κ1) is 18.3. The number of aryl methyl sites for hydroxylation is 1. The van der Waals surface area contributed by atoms with Gasteiger partial charge < -0.3 is 9.73 Å². The predicted octanol–water partition coefficient (Wildman–Crippen LogP) is 2.74. The number of benzene rings is 2. The Morgan fingerprint density at radius 2 is 1.96 bits per heavy atom. The normalized spacial score (nSPS) is 10.9. The van der Waals surface area contributed by atoms with Gasteiger partial charge >= 0.3 is 5.76 Å². The summed E-state index contributed by atoms with van der Waals surface area (Å²) in [4.78, 5) is 34.1. The van der Waals surface area contributed by atoms with E-state index in [1.54, 1.807) is 12.1 Å². The van der Waals surface area contributed by atoms with E-state index in [1.807, 2.05) is 0 Å². The highest BCUT2D eigenvalue weighted by Crippen LogP contribution is 2.20. The van der Waals surface area contributed by atoms with Crippen LogP contribution in [0.2, 0.25) is 0 Å². The molecular formula is C18H16FN3O5. The van der Waals surface area contributed by atoms with Gasteiger partial charge in [0.2, 0.25) is 5.91 Å². The van der Waals surface area contributed by atoms with Crippen LogP contribution in [0.25, 0.3) is 11.1 Å². The highest BCUT2D eigenvalue weighted by molar-refractivity contribution is 5.76. The van der Waals surface area contributed by atoms with Crippen molar-refractivity contribution < 1.29 is 18.5 Å². The second-order valence-electron chi connectivity index (χ2n) is 5.94. The molecule has 0 aliphatic carbocycles. The molecule has 27 heavy (non-hydrogen) atoms. The van der Waals surface area contributed by atoms with Crippen molar-refractivity contribution >= 4 is 22.7 Å². The average Bonchev–Trinajstić information content (AvgIpc) is 2.96. The minimum atomic E-state index is -0.628. The zero-order valence-corrected chi connectivity index (χ0v) is 14.2. The van der Waals surface area contributed by atoms with Gasteiger partial charge in [0, 0.05) is 25.6 Å². The van der Waals surface area contributed by atoms with Gasteiger partial charge in [0.1, 0.15) is 5.82 Å². The number of carbonyl (C=O) groups excluding carboxylic acids is 1. The van der Waals surface area contributed by atoms with Crippen LogP contribution in [0.3, 0.4) is 0 Å². The number of nitrogens with zero attached hydrogens (tertiary/aromatic N) is 2. The van der Waals surface area contributed by atoms with E-state index < -0.39 is 10.7 Å². The van der Waals surface area contributed by atoms with E-state index in [-0.39, 0.29) is 42.5 Å². The molecule has 9 heteroatoms. The molecule has 140 valence electrons. The molecule has 8 nitrogen and oxygen atoms in total. The number of carbonyl (C=O) groups is 1. The van der Waals surface area contributed by atoms with Crippen molar-refractivity contribution in [1.82, 2.24) is 9.88 Å². The molecule has 1 aromatic heterocycles. The second-order valence-corrected chi connectivity index (χ2v) is 5.94. The lowest BCUT2D eigenvalue weighted by atomic mass is 10.2. The monoisotopic (exact) mass is 373 g/mol. The molecule has 0 fully saturated rings. The zero-order chi connectivity index (χ0) is 19.4. The van der Waals surface area contributed by atoms with E-state index in [2.05, 4.69) is 5.32 Å². The molecule has 3 aromatic rings. The number of amides is 1. The Morgan fingerprint density at radius 1 is 1.22 bits per heavy atom. The molecule has 0 radical (unpaired) electrons. The number of non-ortho nitro benzene ring substituents is 1. The van der Waals surface area contributed by atoms with Crippen molar-refractivity contribution in [2.24, 2.45) is 0 Å². The summed E-state index contributed by atoms with van der Waals surface area (Å²) in [6, 6.07) is 9.77. The lowest BCUT2D eigenvalue weighted by Crippen LogP contribution is -2.23. The smallest absolute Gasteiger partial charge is 0.407 e. The largest absolute Gasteiger partial charge is 0.419 e. The summed E-state index contributed by atoms with van der Waals surface area (Å²) >= 11 is 0. The van der Waals surface area contributed by atoms with Crippen LogP contribution in [0, 0.1) is 15.9 Å². The van der Waals surface area contributed by atoms with Crippen molar-refractivity contribution in [3.8, 4) is 0 Å². The van der Waals surface area contributed by atoms with Crippen molar-refractivity contribution in [2.75, 3.05) is 0 Å². The number of nitro benzene ring substituents is 1. The fraction of sp³-hybridized carbons (Fsp3) is 0.222. The highest BCUT2D eigenvalue weighted by atomic mass is 19.1. The first-order chi connectivity index (χ1) is 12.9. The SMILES string of the molecule is O=C(CCCn1c(=O)oc2cc([N+](=O)[O-])ccc21)NCc1ccc(F)cc1. The summed E-state index contributed by atoms with van der Waals surface area (Å²) < 4.78 is 19.2. The number of fused-ring (bicyclic) bond motifs is 1. The average molecular weight is 373 g/mol. The zero-order valence-electron chi connectivity index (χ0n) is 14.2. The molecule has 1 heterocycles. The molecular weight excluding hydrogens is 357 g/mol. The maximum Gasteiger partial charge on any atom is 0.419 e. The van der Waals surface area contributed by atoms with E-state index in [0.717, 1.165) is 5.56 Å². The Morgan fingerprint density at radius 3 is 2.67 bits per heavy atom. The number of oxazole rings is 1. The minimum absolute atomic E-state index is 0.134. The second kappa shape index (κ2) is 7.81. The van der Waals surface area contributed by atoms with Gasteiger partial charge in [0.05, 0.1) is 16.5 Å². The Bertz CT molecular complexity index is 1040. The number of hydrogen-bond donors (Lipinski definition) is 1. The Labute approximate surface area is 152 Å². The van der Waals surface area contributed by atoms with Crippen LogP contribution in [0.5, 0.6) is 0 Å². The van der Waals surface area contributed by atoms with E-state index in [4.69, 9.17) is 4.42 Å². The molecule has 0 bridgehead atoms. The summed E-state index contributed by atoms with van der Waals surface area (Å²) in [6.07, 6.45) is 0.577. The Balaban J connectivity index is 1.56. The van der Waals surface area contributed by atoms with Crippen molar-refractivity contribution in [2.45, 2.75) is 25.9 Å². The van der Waals surface area contributed by atoms with Gasteiger partial charge in [-0.1, -0.05) is 12.1 Å². The van der Waals surface area contributed by atoms with E-state index >= 15 is 0 Å². The van der Waals surface area contributed by atoms with Gasteiger partial charge in [-0.05, 0) is 30.2 Å². The van der Waals surface area contributed by atoms with Gasteiger partial charge in [-0.3, -0.25) is 19.5 Å². The van der Waals surface area contributed by atoms with E-state index in [9.17, 15) is 24.1 Å². The standard InChI is InChI=1S/C18H16FN3O5/c19-13-5-3-12(4-6-13)11-20-17(23)2-1-9-21-15-8-7-14(22(25)26)10-16(15)27-18(21)24/h3-8,10H,1-2,9,11H2,(H,20,23). The molecule has 0 aliphatic heterocycles. The van der Waals surface area contributed by atoms with Crippen LogP contribution >= 0.6 is 0 Å². The van der Waals surface area contributed by atoms with Gasteiger partial charge in [-0.15, -0.1) is 0 Å². The molecule has 0 atom stereocenters. The Kier molecular flexibility index (Phi) is 5.30. The fourth-order valence-corrected chi connectivity index (χ4v) is 2.67. The number of halogens is 1. The van der Waals surface area contributed by atoms with E-state index in [1.165, 1.54) is 34.9 Å². The molecule has 0 unspecified atom stereocenters. The molecule has 2 aromatic carbocycles. The molecule has 0 spiro atoms. The third-order valence-corrected chi connectivity index (χ3v) is 4.05. The number of hydrogen-bond acceptors (Lipinski definition) is 5. The molecule has 1 amide bonds. The van der Waals surface area contributed by atoms with Crippen LogP contribution in [0.15, 0.2) is 51.7 Å². The van der Waals surface area contributed by atoms with Crippen LogP contribution < -0.4 is 11.1 Å². The quantitative estimate of drug-likeness (QED) is 0.506. The van der Waals surface area contributed by atoms with Crippen molar-refractivity contribution in [3.05, 3.63) is 74.5 Å². The van der Waals surface area contributed by atoms with Crippen LogP contribution in [0.1, 0.15) is 18.4 Å². The van der Waals surface area contributed by atoms with Gasteiger partial charge in [0.25, 0.3) is 5.69 Å². The third kappa shape index (κ3) is 4.38. The van der Waals surface area contributed by atoms with E-state index in [0.29, 0.717) is 11.9 Å². The summed E-state index contributed by atoms with van der Waals surface area (Å²) in [5.74, 6) is -1.17. The minimum Gasteiger partial charge on any atom is -0.407 e. The summed E-state index contributed by atoms with van der Waals surface area (Å²) in [5, 5.41) is 13.5. The number of nitro groups is 1. The summed E-state index contributed by atoms with van der Waals surface area (Å²) in [6.45, 7) is 0.533. The molecule has 1 N–H and O–H groups in total. The number of nitrogens with one attached hydrogen (secondary N) is 1. The molecule has 0 saturated heterocycles. The Hall–Kier alpha value is -3.49. The van der Waals surface area contributed by atoms with Gasteiger partial charge in [-0.2, -0.15) is 0 Å². The van der Waals surface area contributed by atoms with Crippen LogP contribution in [-0.4, -0.2) is 15.4 Å². The third-order valence-electron chi connectivity index (χ3n) is 4.05. The lowest BCUT2D eigenvalue weighted by Gasteiger charge is -2.06. The van der Waals surface area contributed by atoms with Crippen LogP contribution in [0.4, 0.5) is 10.1 Å². The first-order valence-corrected chi connectivity index (χ1v) is 8.23. The predicted molar refractivity (Wildman–Crippen MR) is 94.6 cm³/mol. The first-order valence-electron chi connectivity index (χ1n) is 8.23. The number of aromatic nitrogens is 1. The molecule has 0 aliphatic rings. The highest BCUT2D eigenvalue weighted by Gasteiger charge is 2.14. The topological polar surface area (TPSA) is 107 Å². The maximum atomic E-state index is 12.8. The van der Waals surface area contributed by atoms with Crippen molar-refractivity contribution in [1.29, 1.82) is 0 Å².